The SMILES string of the molecule is CCOc1ccc(Nc2ccc(C(=O)NC3CC3)cn2)cc1. The van der Waals surface area contributed by atoms with Gasteiger partial charge in [-0.3, -0.25) is 4.79 Å². The van der Waals surface area contributed by atoms with Crippen LogP contribution in [0.4, 0.5) is 11.5 Å². The van der Waals surface area contributed by atoms with Gasteiger partial charge in [0.25, 0.3) is 5.91 Å². The van der Waals surface area contributed by atoms with Crippen LogP contribution in [-0.2, 0) is 0 Å². The van der Waals surface area contributed by atoms with Crippen molar-refractivity contribution in [2.75, 3.05) is 11.9 Å². The Morgan fingerprint density at radius 1 is 1.23 bits per heavy atom. The number of nitrogens with zero attached hydrogens (tertiary/aromatic N) is 1. The summed E-state index contributed by atoms with van der Waals surface area (Å²) in [5, 5.41) is 6.14. The Bertz CT molecular complexity index is 634. The maximum Gasteiger partial charge on any atom is 0.253 e. The molecule has 0 bridgehead atoms. The average Bonchev–Trinajstić information content (AvgIpc) is 3.34. The number of nitrogens with one attached hydrogen (secondary N) is 2. The third-order valence-electron chi connectivity index (χ3n) is 3.38. The van der Waals surface area contributed by atoms with Crippen molar-refractivity contribution < 1.29 is 9.53 Å². The number of benzene rings is 1. The van der Waals surface area contributed by atoms with Gasteiger partial charge in [0, 0.05) is 17.9 Å². The Morgan fingerprint density at radius 3 is 2.59 bits per heavy atom. The first-order chi connectivity index (χ1) is 10.7. The second kappa shape index (κ2) is 6.47. The number of carbonyl (C=O) groups is 1. The molecule has 1 aliphatic carbocycles. The summed E-state index contributed by atoms with van der Waals surface area (Å²) in [7, 11) is 0. The average molecular weight is 297 g/mol. The lowest BCUT2D eigenvalue weighted by Crippen LogP contribution is -2.25. The fraction of sp³-hybridized carbons (Fsp3) is 0.294. The number of rotatable bonds is 6. The van der Waals surface area contributed by atoms with E-state index < -0.39 is 0 Å². The predicted molar refractivity (Wildman–Crippen MR) is 85.6 cm³/mol. The van der Waals surface area contributed by atoms with Crippen LogP contribution in [-0.4, -0.2) is 23.5 Å². The van der Waals surface area contributed by atoms with E-state index in [-0.39, 0.29) is 5.91 Å². The van der Waals surface area contributed by atoms with Gasteiger partial charge in [-0.15, -0.1) is 0 Å². The van der Waals surface area contributed by atoms with Crippen LogP contribution < -0.4 is 15.4 Å². The summed E-state index contributed by atoms with van der Waals surface area (Å²) in [5.74, 6) is 1.49. The summed E-state index contributed by atoms with van der Waals surface area (Å²) in [4.78, 5) is 16.2. The molecule has 1 aromatic carbocycles. The Kier molecular flexibility index (Phi) is 4.23. The van der Waals surface area contributed by atoms with E-state index in [1.54, 1.807) is 18.3 Å². The van der Waals surface area contributed by atoms with Crippen molar-refractivity contribution in [3.63, 3.8) is 0 Å². The highest BCUT2D eigenvalue weighted by Crippen LogP contribution is 2.20. The molecule has 0 unspecified atom stereocenters. The van der Waals surface area contributed by atoms with Crippen molar-refractivity contribution in [3.8, 4) is 5.75 Å². The smallest absolute Gasteiger partial charge is 0.253 e. The van der Waals surface area contributed by atoms with Crippen LogP contribution >= 0.6 is 0 Å². The highest BCUT2D eigenvalue weighted by molar-refractivity contribution is 5.94. The van der Waals surface area contributed by atoms with Gasteiger partial charge in [-0.2, -0.15) is 0 Å². The number of hydrogen-bond acceptors (Lipinski definition) is 4. The Morgan fingerprint density at radius 2 is 2.00 bits per heavy atom. The largest absolute Gasteiger partial charge is 0.494 e. The van der Waals surface area contributed by atoms with E-state index in [2.05, 4.69) is 15.6 Å². The van der Waals surface area contributed by atoms with Gasteiger partial charge in [0.05, 0.1) is 12.2 Å². The normalized spacial score (nSPS) is 13.5. The molecule has 5 heteroatoms. The first kappa shape index (κ1) is 14.4. The molecule has 1 saturated carbocycles. The van der Waals surface area contributed by atoms with Crippen molar-refractivity contribution in [3.05, 3.63) is 48.2 Å². The van der Waals surface area contributed by atoms with E-state index in [0.717, 1.165) is 24.3 Å². The summed E-state index contributed by atoms with van der Waals surface area (Å²) in [6.07, 6.45) is 3.75. The lowest BCUT2D eigenvalue weighted by Gasteiger charge is -2.08. The van der Waals surface area contributed by atoms with Crippen molar-refractivity contribution >= 4 is 17.4 Å². The number of hydrogen-bond donors (Lipinski definition) is 2. The van der Waals surface area contributed by atoms with Crippen LogP contribution in [0.2, 0.25) is 0 Å². The molecule has 0 atom stereocenters. The topological polar surface area (TPSA) is 63.2 Å². The maximum atomic E-state index is 11.9. The van der Waals surface area contributed by atoms with Crippen LogP contribution in [0.1, 0.15) is 30.1 Å². The molecule has 114 valence electrons. The minimum Gasteiger partial charge on any atom is -0.494 e. The zero-order chi connectivity index (χ0) is 15.4. The standard InChI is InChI=1S/C17H19N3O2/c1-2-22-15-8-6-13(7-9-15)19-16-10-3-12(11-18-16)17(21)20-14-4-5-14/h3,6-11,14H,2,4-5H2,1H3,(H,18,19)(H,20,21). The molecule has 0 saturated heterocycles. The van der Waals surface area contributed by atoms with Gasteiger partial charge in [-0.1, -0.05) is 0 Å². The highest BCUT2D eigenvalue weighted by Gasteiger charge is 2.23. The summed E-state index contributed by atoms with van der Waals surface area (Å²) in [6, 6.07) is 11.6. The Hall–Kier alpha value is -2.56. The maximum absolute atomic E-state index is 11.9. The highest BCUT2D eigenvalue weighted by atomic mass is 16.5. The number of aromatic nitrogens is 1. The molecule has 1 fully saturated rings. The van der Waals surface area contributed by atoms with Crippen molar-refractivity contribution in [1.82, 2.24) is 10.3 Å². The van der Waals surface area contributed by atoms with Crippen LogP contribution in [0, 0.1) is 0 Å². The third kappa shape index (κ3) is 3.75. The lowest BCUT2D eigenvalue weighted by atomic mass is 10.2. The van der Waals surface area contributed by atoms with Crippen LogP contribution in [0.15, 0.2) is 42.6 Å². The fourth-order valence-electron chi connectivity index (χ4n) is 2.05. The van der Waals surface area contributed by atoms with E-state index in [1.807, 2.05) is 31.2 Å². The molecule has 5 nitrogen and oxygen atoms in total. The van der Waals surface area contributed by atoms with Gasteiger partial charge < -0.3 is 15.4 Å². The predicted octanol–water partition coefficient (Wildman–Crippen LogP) is 3.12. The molecule has 0 spiro atoms. The monoisotopic (exact) mass is 297 g/mol. The molecule has 1 aromatic heterocycles. The second-order valence-corrected chi connectivity index (χ2v) is 5.26. The summed E-state index contributed by atoms with van der Waals surface area (Å²) in [6.45, 7) is 2.61. The van der Waals surface area contributed by atoms with E-state index >= 15 is 0 Å². The van der Waals surface area contributed by atoms with Crippen LogP contribution in [0.5, 0.6) is 5.75 Å². The van der Waals surface area contributed by atoms with Crippen LogP contribution in [0.25, 0.3) is 0 Å². The first-order valence-electron chi connectivity index (χ1n) is 7.51. The van der Waals surface area contributed by atoms with Crippen molar-refractivity contribution in [2.24, 2.45) is 0 Å². The van der Waals surface area contributed by atoms with Crippen LogP contribution in [0.3, 0.4) is 0 Å². The van der Waals surface area contributed by atoms with Gasteiger partial charge in [0.15, 0.2) is 0 Å². The molecule has 2 N–H and O–H groups in total. The Labute approximate surface area is 129 Å². The molecule has 22 heavy (non-hydrogen) atoms. The molecular formula is C17H19N3O2. The molecule has 1 heterocycles. The van der Waals surface area contributed by atoms with Gasteiger partial charge in [0.2, 0.25) is 0 Å². The molecule has 3 rings (SSSR count). The molecule has 1 aliphatic rings. The van der Waals surface area contributed by atoms with E-state index in [1.165, 1.54) is 0 Å². The summed E-state index contributed by atoms with van der Waals surface area (Å²) in [5.41, 5.74) is 1.51. The summed E-state index contributed by atoms with van der Waals surface area (Å²) < 4.78 is 5.40. The molecule has 0 radical (unpaired) electrons. The quantitative estimate of drug-likeness (QED) is 0.860. The number of ether oxygens (including phenoxy) is 1. The molecule has 1 amide bonds. The zero-order valence-electron chi connectivity index (χ0n) is 12.5. The number of amides is 1. The number of pyridine rings is 1. The number of carbonyl (C=O) groups excluding carboxylic acids is 1. The zero-order valence-corrected chi connectivity index (χ0v) is 12.5. The van der Waals surface area contributed by atoms with Crippen molar-refractivity contribution in [1.29, 1.82) is 0 Å². The second-order valence-electron chi connectivity index (χ2n) is 5.26. The van der Waals surface area contributed by atoms with Gasteiger partial charge in [-0.05, 0) is 56.2 Å². The minimum atomic E-state index is -0.0531. The first-order valence-corrected chi connectivity index (χ1v) is 7.51. The van der Waals surface area contributed by atoms with E-state index in [4.69, 9.17) is 4.74 Å². The fourth-order valence-corrected chi connectivity index (χ4v) is 2.05. The Balaban J connectivity index is 1.61. The van der Waals surface area contributed by atoms with Gasteiger partial charge in [0.1, 0.15) is 11.6 Å². The molecule has 0 aliphatic heterocycles. The van der Waals surface area contributed by atoms with Gasteiger partial charge in [-0.25, -0.2) is 4.98 Å². The summed E-state index contributed by atoms with van der Waals surface area (Å²) >= 11 is 0. The van der Waals surface area contributed by atoms with Crippen molar-refractivity contribution in [2.45, 2.75) is 25.8 Å². The third-order valence-corrected chi connectivity index (χ3v) is 3.38. The van der Waals surface area contributed by atoms with E-state index in [9.17, 15) is 4.79 Å². The van der Waals surface area contributed by atoms with Gasteiger partial charge >= 0.3 is 0 Å². The lowest BCUT2D eigenvalue weighted by molar-refractivity contribution is 0.0951. The minimum absolute atomic E-state index is 0.0531. The molecular weight excluding hydrogens is 278 g/mol. The number of anilines is 2. The van der Waals surface area contributed by atoms with E-state index in [0.29, 0.717) is 24.0 Å². The molecule has 2 aromatic rings.